The number of carbonyl (C=O) groups is 1. The van der Waals surface area contributed by atoms with Crippen molar-refractivity contribution in [3.63, 3.8) is 0 Å². The van der Waals surface area contributed by atoms with Gasteiger partial charge in [-0.2, -0.15) is 0 Å². The summed E-state index contributed by atoms with van der Waals surface area (Å²) in [6.45, 7) is 5.24. The number of piperidine rings is 1. The van der Waals surface area contributed by atoms with Crippen molar-refractivity contribution in [1.29, 1.82) is 0 Å². The first-order valence-electron chi connectivity index (χ1n) is 10.8. The van der Waals surface area contributed by atoms with Gasteiger partial charge in [-0.05, 0) is 42.7 Å². The van der Waals surface area contributed by atoms with Crippen LogP contribution in [0.2, 0.25) is 0 Å². The molecule has 0 spiro atoms. The van der Waals surface area contributed by atoms with Crippen molar-refractivity contribution in [3.05, 3.63) is 34.1 Å². The lowest BCUT2D eigenvalue weighted by atomic mass is 9.76. The van der Waals surface area contributed by atoms with Crippen LogP contribution in [0.25, 0.3) is 10.9 Å². The largest absolute Gasteiger partial charge is 0.492 e. The van der Waals surface area contributed by atoms with Gasteiger partial charge in [-0.3, -0.25) is 4.79 Å². The third kappa shape index (κ3) is 3.68. The van der Waals surface area contributed by atoms with Gasteiger partial charge >= 0.3 is 5.97 Å². The second-order valence-corrected chi connectivity index (χ2v) is 9.02. The third-order valence-corrected chi connectivity index (χ3v) is 6.80. The highest BCUT2D eigenvalue weighted by Gasteiger charge is 2.37. The number of aliphatic hydroxyl groups is 2. The van der Waals surface area contributed by atoms with Gasteiger partial charge in [0.05, 0.1) is 36.4 Å². The van der Waals surface area contributed by atoms with Crippen LogP contribution in [0.1, 0.15) is 43.1 Å². The fourth-order valence-corrected chi connectivity index (χ4v) is 5.30. The number of nitrogens with zero attached hydrogens (tertiary/aromatic N) is 2. The van der Waals surface area contributed by atoms with Crippen LogP contribution >= 0.6 is 0 Å². The first kappa shape index (κ1) is 21.6. The standard InChI is InChI=1S/C23H30N2O6/c1-12-8-24(9-13(2)19(12)18(27)11-26)17-7-6-15-20(22(17)31-3)25(14-4-5-14)10-16(21(15)28)23(29)30/h6-7,10,12-14,18-19,26-27H,4-5,8-9,11H2,1-3H3,(H,29,30). The molecule has 1 aliphatic heterocycles. The Labute approximate surface area is 180 Å². The van der Waals surface area contributed by atoms with Crippen molar-refractivity contribution in [3.8, 4) is 5.75 Å². The predicted molar refractivity (Wildman–Crippen MR) is 117 cm³/mol. The molecule has 0 radical (unpaired) electrons. The van der Waals surface area contributed by atoms with E-state index >= 15 is 0 Å². The number of methoxy groups -OCH3 is 1. The molecule has 1 saturated heterocycles. The van der Waals surface area contributed by atoms with Crippen LogP contribution < -0.4 is 15.1 Å². The number of aromatic nitrogens is 1. The van der Waals surface area contributed by atoms with Gasteiger partial charge in [-0.25, -0.2) is 4.79 Å². The Morgan fingerprint density at radius 1 is 1.23 bits per heavy atom. The molecule has 3 N–H and O–H groups in total. The number of hydrogen-bond acceptors (Lipinski definition) is 6. The summed E-state index contributed by atoms with van der Waals surface area (Å²) >= 11 is 0. The van der Waals surface area contributed by atoms with Crippen molar-refractivity contribution in [1.82, 2.24) is 4.57 Å². The fourth-order valence-electron chi connectivity index (χ4n) is 5.30. The van der Waals surface area contributed by atoms with E-state index in [4.69, 9.17) is 4.74 Å². The molecule has 31 heavy (non-hydrogen) atoms. The summed E-state index contributed by atoms with van der Waals surface area (Å²) in [6, 6.07) is 3.69. The van der Waals surface area contributed by atoms with Gasteiger partial charge in [0, 0.05) is 25.3 Å². The molecule has 1 saturated carbocycles. The number of rotatable bonds is 6. The van der Waals surface area contributed by atoms with E-state index in [1.54, 1.807) is 13.2 Å². The molecule has 0 bridgehead atoms. The van der Waals surface area contributed by atoms with Gasteiger partial charge in [0.15, 0.2) is 5.75 Å². The number of hydrogen-bond donors (Lipinski definition) is 3. The molecule has 1 aromatic carbocycles. The summed E-state index contributed by atoms with van der Waals surface area (Å²) in [4.78, 5) is 26.7. The molecule has 2 heterocycles. The smallest absolute Gasteiger partial charge is 0.341 e. The number of carboxylic acids is 1. The van der Waals surface area contributed by atoms with Crippen LogP contribution in [0.5, 0.6) is 5.75 Å². The van der Waals surface area contributed by atoms with Crippen LogP contribution in [0.4, 0.5) is 5.69 Å². The molecule has 0 amide bonds. The predicted octanol–water partition coefficient (Wildman–Crippen LogP) is 2.10. The SMILES string of the molecule is COc1c(N2CC(C)C(C(O)CO)C(C)C2)ccc2c(=O)c(C(=O)O)cn(C3CC3)c12. The van der Waals surface area contributed by atoms with Gasteiger partial charge in [0.1, 0.15) is 5.56 Å². The van der Waals surface area contributed by atoms with Gasteiger partial charge in [0.2, 0.25) is 5.43 Å². The molecule has 2 aliphatic rings. The fraction of sp³-hybridized carbons (Fsp3) is 0.565. The second kappa shape index (κ2) is 8.16. The lowest BCUT2D eigenvalue weighted by molar-refractivity contribution is -0.00362. The zero-order valence-electron chi connectivity index (χ0n) is 18.1. The molecule has 1 aliphatic carbocycles. The van der Waals surface area contributed by atoms with Gasteiger partial charge < -0.3 is 29.5 Å². The Hall–Kier alpha value is -2.58. The summed E-state index contributed by atoms with van der Waals surface area (Å²) in [5.41, 5.74) is 0.754. The van der Waals surface area contributed by atoms with Crippen LogP contribution in [-0.4, -0.2) is 58.8 Å². The summed E-state index contributed by atoms with van der Waals surface area (Å²) in [5.74, 6) is -0.372. The van der Waals surface area contributed by atoms with Crippen LogP contribution in [0.15, 0.2) is 23.1 Å². The van der Waals surface area contributed by atoms with Crippen LogP contribution in [-0.2, 0) is 0 Å². The Morgan fingerprint density at radius 3 is 2.39 bits per heavy atom. The average molecular weight is 431 g/mol. The number of carboxylic acid groups (broad SMARTS) is 1. The van der Waals surface area contributed by atoms with Gasteiger partial charge in [-0.1, -0.05) is 13.8 Å². The molecular weight excluding hydrogens is 400 g/mol. The molecule has 8 nitrogen and oxygen atoms in total. The third-order valence-electron chi connectivity index (χ3n) is 6.80. The Kier molecular flexibility index (Phi) is 5.70. The Morgan fingerprint density at radius 2 is 1.87 bits per heavy atom. The highest BCUT2D eigenvalue weighted by molar-refractivity contribution is 5.97. The highest BCUT2D eigenvalue weighted by atomic mass is 16.5. The van der Waals surface area contributed by atoms with E-state index in [0.29, 0.717) is 29.7 Å². The molecular formula is C23H30N2O6. The number of fused-ring (bicyclic) bond motifs is 1. The van der Waals surface area contributed by atoms with E-state index in [-0.39, 0.29) is 36.0 Å². The van der Waals surface area contributed by atoms with Crippen LogP contribution in [0.3, 0.4) is 0 Å². The topological polar surface area (TPSA) is 112 Å². The summed E-state index contributed by atoms with van der Waals surface area (Å²) < 4.78 is 7.70. The lowest BCUT2D eigenvalue weighted by Crippen LogP contribution is -2.49. The van der Waals surface area contributed by atoms with Crippen molar-refractivity contribution < 1.29 is 24.9 Å². The summed E-state index contributed by atoms with van der Waals surface area (Å²) in [7, 11) is 1.57. The summed E-state index contributed by atoms with van der Waals surface area (Å²) in [6.07, 6.45) is 2.57. The van der Waals surface area contributed by atoms with E-state index in [0.717, 1.165) is 18.5 Å². The minimum Gasteiger partial charge on any atom is -0.492 e. The average Bonchev–Trinajstić information content (AvgIpc) is 3.57. The first-order chi connectivity index (χ1) is 14.8. The molecule has 1 aromatic heterocycles. The zero-order valence-corrected chi connectivity index (χ0v) is 18.1. The maximum Gasteiger partial charge on any atom is 0.341 e. The normalized spacial score (nSPS) is 24.9. The molecule has 4 rings (SSSR count). The molecule has 8 heteroatoms. The van der Waals surface area contributed by atoms with Crippen molar-refractivity contribution >= 4 is 22.6 Å². The molecule has 2 aromatic rings. The van der Waals surface area contributed by atoms with E-state index in [1.807, 2.05) is 10.6 Å². The number of aliphatic hydroxyl groups excluding tert-OH is 2. The summed E-state index contributed by atoms with van der Waals surface area (Å²) in [5, 5.41) is 29.5. The van der Waals surface area contributed by atoms with Gasteiger partial charge in [-0.15, -0.1) is 0 Å². The second-order valence-electron chi connectivity index (χ2n) is 9.02. The maximum atomic E-state index is 12.9. The van der Waals surface area contributed by atoms with Crippen LogP contribution in [0, 0.1) is 17.8 Å². The minimum absolute atomic E-state index is 0.00419. The molecule has 2 fully saturated rings. The number of benzene rings is 1. The Balaban J connectivity index is 1.83. The number of aromatic carboxylic acids is 1. The monoisotopic (exact) mass is 430 g/mol. The minimum atomic E-state index is -1.23. The molecule has 3 unspecified atom stereocenters. The van der Waals surface area contributed by atoms with Gasteiger partial charge in [0.25, 0.3) is 0 Å². The van der Waals surface area contributed by atoms with Crippen molar-refractivity contribution in [2.45, 2.75) is 38.8 Å². The van der Waals surface area contributed by atoms with E-state index in [9.17, 15) is 24.9 Å². The first-order valence-corrected chi connectivity index (χ1v) is 10.8. The number of anilines is 1. The maximum absolute atomic E-state index is 12.9. The van der Waals surface area contributed by atoms with E-state index < -0.39 is 17.5 Å². The van der Waals surface area contributed by atoms with Crippen molar-refractivity contribution in [2.24, 2.45) is 17.8 Å². The Bertz CT molecular complexity index is 1050. The lowest BCUT2D eigenvalue weighted by Gasteiger charge is -2.44. The number of ether oxygens (including phenoxy) is 1. The molecule has 3 atom stereocenters. The van der Waals surface area contributed by atoms with E-state index in [1.165, 1.54) is 6.20 Å². The van der Waals surface area contributed by atoms with Crippen molar-refractivity contribution in [2.75, 3.05) is 31.7 Å². The zero-order chi connectivity index (χ0) is 22.4. The highest BCUT2D eigenvalue weighted by Crippen LogP contribution is 2.44. The number of pyridine rings is 1. The quantitative estimate of drug-likeness (QED) is 0.643. The molecule has 168 valence electrons. The van der Waals surface area contributed by atoms with E-state index in [2.05, 4.69) is 18.7 Å².